The second kappa shape index (κ2) is 3.89. The third-order valence-corrected chi connectivity index (χ3v) is 1.48. The lowest BCUT2D eigenvalue weighted by atomic mass is 10.4. The summed E-state index contributed by atoms with van der Waals surface area (Å²) in [6.07, 6.45) is 1.38. The van der Waals surface area contributed by atoms with Gasteiger partial charge in [-0.1, -0.05) is 13.8 Å². The molecular formula is C9H13N3O. The highest BCUT2D eigenvalue weighted by molar-refractivity contribution is 5.40. The molecular weight excluding hydrogens is 166 g/mol. The lowest BCUT2D eigenvalue weighted by Crippen LogP contribution is -1.92. The van der Waals surface area contributed by atoms with Gasteiger partial charge in [0.15, 0.2) is 5.65 Å². The van der Waals surface area contributed by atoms with E-state index in [4.69, 9.17) is 0 Å². The van der Waals surface area contributed by atoms with Crippen molar-refractivity contribution in [3.05, 3.63) is 24.0 Å². The summed E-state index contributed by atoms with van der Waals surface area (Å²) in [5.41, 5.74) is 1.51. The highest BCUT2D eigenvalue weighted by atomic mass is 16.3. The van der Waals surface area contributed by atoms with Crippen LogP contribution in [0.1, 0.15) is 19.5 Å². The molecule has 1 N–H and O–H groups in total. The summed E-state index contributed by atoms with van der Waals surface area (Å²) in [6, 6.07) is 3.66. The molecule has 0 aliphatic rings. The average Bonchev–Trinajstić information content (AvgIpc) is 2.52. The summed E-state index contributed by atoms with van der Waals surface area (Å²) < 4.78 is 1.40. The monoisotopic (exact) mass is 179 g/mol. The zero-order valence-electron chi connectivity index (χ0n) is 8.02. The van der Waals surface area contributed by atoms with E-state index in [1.165, 1.54) is 10.7 Å². The van der Waals surface area contributed by atoms with E-state index in [0.29, 0.717) is 5.65 Å². The predicted molar refractivity (Wildman–Crippen MR) is 50.7 cm³/mol. The fraction of sp³-hybridized carbons (Fsp3) is 0.333. The molecule has 0 fully saturated rings. The molecule has 2 aromatic heterocycles. The molecule has 0 saturated carbocycles. The Morgan fingerprint density at radius 2 is 2.00 bits per heavy atom. The Labute approximate surface area is 76.9 Å². The Hall–Kier alpha value is -1.58. The third-order valence-electron chi connectivity index (χ3n) is 1.48. The molecule has 0 unspecified atom stereocenters. The van der Waals surface area contributed by atoms with Gasteiger partial charge in [-0.15, -0.1) is 0 Å². The highest BCUT2D eigenvalue weighted by Crippen LogP contribution is 2.09. The maximum atomic E-state index is 9.17. The summed E-state index contributed by atoms with van der Waals surface area (Å²) in [6.45, 7) is 5.86. The third kappa shape index (κ3) is 1.77. The van der Waals surface area contributed by atoms with Gasteiger partial charge in [-0.25, -0.2) is 4.98 Å². The average molecular weight is 179 g/mol. The van der Waals surface area contributed by atoms with Crippen molar-refractivity contribution >= 4 is 5.65 Å². The summed E-state index contributed by atoms with van der Waals surface area (Å²) in [5.74, 6) is 0.0729. The van der Waals surface area contributed by atoms with Crippen molar-refractivity contribution in [3.8, 4) is 5.88 Å². The Morgan fingerprint density at radius 3 is 2.69 bits per heavy atom. The first-order valence-corrected chi connectivity index (χ1v) is 4.28. The summed E-state index contributed by atoms with van der Waals surface area (Å²) >= 11 is 0. The van der Waals surface area contributed by atoms with Crippen LogP contribution in [0.4, 0.5) is 0 Å². The van der Waals surface area contributed by atoms with E-state index in [9.17, 15) is 5.11 Å². The Balaban J connectivity index is 0.000000396. The van der Waals surface area contributed by atoms with E-state index in [2.05, 4.69) is 10.1 Å². The van der Waals surface area contributed by atoms with Crippen molar-refractivity contribution in [1.82, 2.24) is 14.6 Å². The predicted octanol–water partition coefficient (Wildman–Crippen LogP) is 1.77. The molecule has 0 radical (unpaired) electrons. The van der Waals surface area contributed by atoms with E-state index in [-0.39, 0.29) is 5.88 Å². The van der Waals surface area contributed by atoms with E-state index in [0.717, 1.165) is 5.69 Å². The van der Waals surface area contributed by atoms with Crippen LogP contribution < -0.4 is 0 Å². The largest absolute Gasteiger partial charge is 0.492 e. The molecule has 0 bridgehead atoms. The van der Waals surface area contributed by atoms with Crippen LogP contribution >= 0.6 is 0 Å². The molecule has 2 heterocycles. The lowest BCUT2D eigenvalue weighted by molar-refractivity contribution is 0.438. The van der Waals surface area contributed by atoms with Gasteiger partial charge in [0.2, 0.25) is 5.88 Å². The van der Waals surface area contributed by atoms with Crippen molar-refractivity contribution in [2.45, 2.75) is 20.8 Å². The second-order valence-corrected chi connectivity index (χ2v) is 2.36. The van der Waals surface area contributed by atoms with E-state index in [1.54, 1.807) is 0 Å². The molecule has 0 aromatic carbocycles. The number of rotatable bonds is 0. The first-order chi connectivity index (χ1) is 6.27. The van der Waals surface area contributed by atoms with Crippen LogP contribution in [0.15, 0.2) is 18.3 Å². The van der Waals surface area contributed by atoms with Gasteiger partial charge >= 0.3 is 0 Å². The highest BCUT2D eigenvalue weighted by Gasteiger charge is 2.00. The fourth-order valence-electron chi connectivity index (χ4n) is 0.953. The zero-order valence-corrected chi connectivity index (χ0v) is 8.02. The normalized spacial score (nSPS) is 9.46. The summed E-state index contributed by atoms with van der Waals surface area (Å²) in [5, 5.41) is 13.2. The first-order valence-electron chi connectivity index (χ1n) is 4.28. The van der Waals surface area contributed by atoms with Crippen molar-refractivity contribution in [2.24, 2.45) is 0 Å². The molecule has 0 aliphatic carbocycles. The topological polar surface area (TPSA) is 50.4 Å². The molecule has 13 heavy (non-hydrogen) atoms. The SMILES string of the molecule is CC.Cc1ccc2ncc(O)n2n1. The molecule has 4 heteroatoms. The summed E-state index contributed by atoms with van der Waals surface area (Å²) in [4.78, 5) is 3.91. The number of imidazole rings is 1. The van der Waals surface area contributed by atoms with E-state index >= 15 is 0 Å². The Kier molecular flexibility index (Phi) is 2.84. The minimum atomic E-state index is 0.0729. The van der Waals surface area contributed by atoms with Gasteiger partial charge in [-0.2, -0.15) is 9.61 Å². The van der Waals surface area contributed by atoms with Crippen molar-refractivity contribution < 1.29 is 5.11 Å². The Bertz CT molecular complexity index is 395. The number of aryl methyl sites for hydroxylation is 1. The van der Waals surface area contributed by atoms with Gasteiger partial charge in [-0.05, 0) is 19.1 Å². The number of hydrogen-bond donors (Lipinski definition) is 1. The van der Waals surface area contributed by atoms with Crippen LogP contribution in [0.5, 0.6) is 5.88 Å². The number of aromatic nitrogens is 3. The molecule has 0 saturated heterocycles. The smallest absolute Gasteiger partial charge is 0.233 e. The van der Waals surface area contributed by atoms with Gasteiger partial charge in [0.25, 0.3) is 0 Å². The van der Waals surface area contributed by atoms with Gasteiger partial charge in [0.05, 0.1) is 11.9 Å². The van der Waals surface area contributed by atoms with Crippen molar-refractivity contribution in [2.75, 3.05) is 0 Å². The van der Waals surface area contributed by atoms with Gasteiger partial charge in [0, 0.05) is 0 Å². The van der Waals surface area contributed by atoms with Crippen molar-refractivity contribution in [3.63, 3.8) is 0 Å². The maximum Gasteiger partial charge on any atom is 0.233 e. The molecule has 2 aromatic rings. The number of fused-ring (bicyclic) bond motifs is 1. The lowest BCUT2D eigenvalue weighted by Gasteiger charge is -1.93. The van der Waals surface area contributed by atoms with Crippen LogP contribution in [0, 0.1) is 6.92 Å². The van der Waals surface area contributed by atoms with Crippen LogP contribution in [-0.4, -0.2) is 19.7 Å². The first kappa shape index (κ1) is 9.51. The zero-order chi connectivity index (χ0) is 9.84. The second-order valence-electron chi connectivity index (χ2n) is 2.36. The van der Waals surface area contributed by atoms with Gasteiger partial charge in [-0.3, -0.25) is 0 Å². The number of hydrogen-bond acceptors (Lipinski definition) is 3. The molecule has 0 spiro atoms. The minimum Gasteiger partial charge on any atom is -0.492 e. The van der Waals surface area contributed by atoms with Gasteiger partial charge in [0.1, 0.15) is 0 Å². The molecule has 4 nitrogen and oxygen atoms in total. The quantitative estimate of drug-likeness (QED) is 0.670. The molecule has 0 amide bonds. The molecule has 0 atom stereocenters. The number of nitrogens with zero attached hydrogens (tertiary/aromatic N) is 3. The fourth-order valence-corrected chi connectivity index (χ4v) is 0.953. The summed E-state index contributed by atoms with van der Waals surface area (Å²) in [7, 11) is 0. The maximum absolute atomic E-state index is 9.17. The molecule has 70 valence electrons. The van der Waals surface area contributed by atoms with E-state index < -0.39 is 0 Å². The molecule has 2 rings (SSSR count). The molecule has 0 aliphatic heterocycles. The van der Waals surface area contributed by atoms with Crippen LogP contribution in [0.2, 0.25) is 0 Å². The van der Waals surface area contributed by atoms with Gasteiger partial charge < -0.3 is 5.11 Å². The van der Waals surface area contributed by atoms with Crippen LogP contribution in [-0.2, 0) is 0 Å². The standard InChI is InChI=1S/C7H7N3O.C2H6/c1-5-2-3-6-8-4-7(11)10(6)9-5;1-2/h2-4,11H,1H3;1-2H3. The van der Waals surface area contributed by atoms with E-state index in [1.807, 2.05) is 32.9 Å². The number of aromatic hydroxyl groups is 1. The van der Waals surface area contributed by atoms with Crippen LogP contribution in [0.25, 0.3) is 5.65 Å². The van der Waals surface area contributed by atoms with Crippen LogP contribution in [0.3, 0.4) is 0 Å². The van der Waals surface area contributed by atoms with Crippen molar-refractivity contribution in [1.29, 1.82) is 0 Å². The minimum absolute atomic E-state index is 0.0729. The Morgan fingerprint density at radius 1 is 1.31 bits per heavy atom.